The van der Waals surface area contributed by atoms with Crippen molar-refractivity contribution < 1.29 is 14.3 Å². The minimum absolute atomic E-state index is 0.119. The molecule has 1 aromatic heterocycles. The van der Waals surface area contributed by atoms with Crippen LogP contribution in [0.4, 0.5) is 10.7 Å². The molecule has 11 nitrogen and oxygen atoms in total. The molecule has 28 heavy (non-hydrogen) atoms. The number of alkyl halides is 3. The number of ether oxygens (including phenoxy) is 1. The van der Waals surface area contributed by atoms with E-state index in [1.165, 1.54) is 11.9 Å². The molecule has 1 rings (SSSR count). The lowest BCUT2D eigenvalue weighted by Crippen LogP contribution is -2.57. The summed E-state index contributed by atoms with van der Waals surface area (Å²) in [6.07, 6.45) is 0.645. The molecule has 14 heteroatoms. The number of nitrogens with zero attached hydrogens (tertiary/aromatic N) is 4. The predicted molar refractivity (Wildman–Crippen MR) is 106 cm³/mol. The van der Waals surface area contributed by atoms with E-state index >= 15 is 0 Å². The summed E-state index contributed by atoms with van der Waals surface area (Å²) in [5.41, 5.74) is -1.33. The van der Waals surface area contributed by atoms with Crippen LogP contribution in [0.2, 0.25) is 0 Å². The fourth-order valence-corrected chi connectivity index (χ4v) is 2.44. The molecule has 1 unspecified atom stereocenters. The summed E-state index contributed by atoms with van der Waals surface area (Å²) in [5.74, 6) is 0.00617. The number of aromatic nitrogens is 4. The Morgan fingerprint density at radius 3 is 2.54 bits per heavy atom. The maximum atomic E-state index is 13.0. The largest absolute Gasteiger partial charge is 0.445 e. The van der Waals surface area contributed by atoms with Crippen LogP contribution >= 0.6 is 34.8 Å². The third kappa shape index (κ3) is 8.44. The molecular weight excluding hydrogens is 435 g/mol. The van der Waals surface area contributed by atoms with E-state index in [0.29, 0.717) is 31.6 Å². The van der Waals surface area contributed by atoms with Gasteiger partial charge in [0.15, 0.2) is 0 Å². The highest BCUT2D eigenvalue weighted by atomic mass is 35.6. The second-order valence-electron chi connectivity index (χ2n) is 6.25. The van der Waals surface area contributed by atoms with Gasteiger partial charge in [0.05, 0.1) is 5.84 Å². The Labute approximate surface area is 177 Å². The first kappa shape index (κ1) is 24.2. The third-order valence-corrected chi connectivity index (χ3v) is 3.99. The highest BCUT2D eigenvalue weighted by Gasteiger charge is 2.39. The van der Waals surface area contributed by atoms with Crippen molar-refractivity contribution in [3.8, 4) is 0 Å². The first-order valence-corrected chi connectivity index (χ1v) is 9.40. The van der Waals surface area contributed by atoms with Gasteiger partial charge < -0.3 is 15.4 Å². The number of hydrogen-bond donors (Lipinski definition) is 4. The summed E-state index contributed by atoms with van der Waals surface area (Å²) in [6, 6.07) is 0. The first-order chi connectivity index (χ1) is 12.9. The van der Waals surface area contributed by atoms with Gasteiger partial charge in [-0.25, -0.2) is 9.89 Å². The lowest BCUT2D eigenvalue weighted by molar-refractivity contribution is -0.124. The van der Waals surface area contributed by atoms with Gasteiger partial charge in [-0.3, -0.25) is 15.1 Å². The number of H-pyrrole nitrogens is 1. The van der Waals surface area contributed by atoms with E-state index in [9.17, 15) is 9.59 Å². The van der Waals surface area contributed by atoms with Crippen molar-refractivity contribution in [2.24, 2.45) is 0 Å². The topological polar surface area (TPSA) is 149 Å². The van der Waals surface area contributed by atoms with Crippen LogP contribution in [0, 0.1) is 5.41 Å². The Morgan fingerprint density at radius 1 is 1.32 bits per heavy atom. The van der Waals surface area contributed by atoms with Gasteiger partial charge in [-0.05, 0) is 43.5 Å². The van der Waals surface area contributed by atoms with E-state index in [4.69, 9.17) is 44.9 Å². The van der Waals surface area contributed by atoms with Crippen LogP contribution in [-0.4, -0.2) is 68.0 Å². The maximum absolute atomic E-state index is 13.0. The molecule has 0 radical (unpaired) electrons. The molecule has 1 atom stereocenters. The van der Waals surface area contributed by atoms with Crippen LogP contribution in [0.15, 0.2) is 0 Å². The van der Waals surface area contributed by atoms with Crippen molar-refractivity contribution in [3.63, 3.8) is 0 Å². The number of tetrazole rings is 1. The predicted octanol–water partition coefficient (Wildman–Crippen LogP) is 1.77. The van der Waals surface area contributed by atoms with Gasteiger partial charge in [-0.15, -0.1) is 0 Å². The van der Waals surface area contributed by atoms with Crippen LogP contribution in [0.25, 0.3) is 0 Å². The van der Waals surface area contributed by atoms with Gasteiger partial charge in [0.2, 0.25) is 9.74 Å². The minimum Gasteiger partial charge on any atom is -0.445 e. The lowest BCUT2D eigenvalue weighted by Gasteiger charge is -2.32. The van der Waals surface area contributed by atoms with E-state index in [1.54, 1.807) is 13.8 Å². The molecule has 0 aliphatic heterocycles. The Bertz CT molecular complexity index is 667. The van der Waals surface area contributed by atoms with Crippen molar-refractivity contribution in [3.05, 3.63) is 0 Å². The first-order valence-electron chi connectivity index (χ1n) is 8.27. The van der Waals surface area contributed by atoms with Crippen molar-refractivity contribution in [2.45, 2.75) is 42.4 Å². The molecule has 0 aromatic carbocycles. The number of nitrogens with one attached hydrogen (secondary N) is 4. The second-order valence-corrected chi connectivity index (χ2v) is 8.76. The van der Waals surface area contributed by atoms with E-state index in [1.807, 2.05) is 0 Å². The average molecular weight is 458 g/mol. The highest BCUT2D eigenvalue weighted by Crippen LogP contribution is 2.26. The van der Waals surface area contributed by atoms with Crippen LogP contribution in [0.3, 0.4) is 0 Å². The molecule has 158 valence electrons. The molecule has 0 spiro atoms. The fraction of sp³-hybridized carbons (Fsp3) is 0.714. The quantitative estimate of drug-likeness (QED) is 0.191. The zero-order valence-electron chi connectivity index (χ0n) is 15.7. The maximum Gasteiger partial charge on any atom is 0.408 e. The fourth-order valence-electron chi connectivity index (χ4n) is 2.27. The Hall–Kier alpha value is -1.85. The van der Waals surface area contributed by atoms with Crippen LogP contribution < -0.4 is 15.5 Å². The molecule has 0 saturated carbocycles. The van der Waals surface area contributed by atoms with Gasteiger partial charge >= 0.3 is 6.09 Å². The van der Waals surface area contributed by atoms with Gasteiger partial charge in [0, 0.05) is 13.6 Å². The van der Waals surface area contributed by atoms with Crippen LogP contribution in [0.1, 0.15) is 33.1 Å². The van der Waals surface area contributed by atoms with Gasteiger partial charge in [0.1, 0.15) is 12.1 Å². The number of halogens is 3. The zero-order chi connectivity index (χ0) is 21.4. The molecule has 0 aliphatic rings. The van der Waals surface area contributed by atoms with E-state index in [-0.39, 0.29) is 5.95 Å². The smallest absolute Gasteiger partial charge is 0.408 e. The number of carbonyl (C=O) groups excluding carboxylic acids is 2. The molecule has 0 bridgehead atoms. The summed E-state index contributed by atoms with van der Waals surface area (Å²) in [4.78, 5) is 26.3. The van der Waals surface area contributed by atoms with Crippen LogP contribution in [-0.2, 0) is 9.53 Å². The Kier molecular flexibility index (Phi) is 9.18. The van der Waals surface area contributed by atoms with Crippen molar-refractivity contribution in [2.75, 3.05) is 25.1 Å². The number of hydrogen-bond acceptors (Lipinski definition) is 7. The van der Waals surface area contributed by atoms with Crippen molar-refractivity contribution >= 4 is 58.6 Å². The number of rotatable bonds is 9. The number of carbonyl (C=O) groups is 2. The molecule has 4 N–H and O–H groups in total. The molecular formula is C14H23Cl3N8O3. The number of unbranched alkanes of at least 4 members (excludes halogenated alkanes) is 1. The number of aromatic amines is 1. The van der Waals surface area contributed by atoms with E-state index in [0.717, 1.165) is 0 Å². The molecule has 0 fully saturated rings. The number of likely N-dealkylation sites (N-methyl/N-ethyl adjacent to an activating group) is 1. The van der Waals surface area contributed by atoms with E-state index in [2.05, 4.69) is 31.3 Å². The van der Waals surface area contributed by atoms with Crippen LogP contribution in [0.5, 0.6) is 0 Å². The molecule has 1 aromatic rings. The van der Waals surface area contributed by atoms with Crippen molar-refractivity contribution in [1.82, 2.24) is 31.3 Å². The van der Waals surface area contributed by atoms with Gasteiger partial charge in [-0.2, -0.15) is 0 Å². The molecule has 2 amide bonds. The number of alkyl carbamates (subject to hydrolysis) is 1. The number of anilines is 1. The Balaban J connectivity index is 2.81. The number of amidine groups is 1. The standard InChI is InChI=1S/C14H23Cl3N8O3/c1-9(18)19-7-5-4-6-13(2,20-12(27)28-8-14(15,16)17)10(26)25(3)11-21-23-24-22-11/h4-8H2,1-3H3,(H2,18,19)(H,20,27)(H,21,22,23,24). The minimum atomic E-state index is -1.77. The summed E-state index contributed by atoms with van der Waals surface area (Å²) in [7, 11) is 1.47. The monoisotopic (exact) mass is 456 g/mol. The SMILES string of the molecule is CC(=N)NCCCCC(C)(NC(=O)OCC(Cl)(Cl)Cl)C(=O)N(C)c1nnn[nH]1. The third-order valence-electron chi connectivity index (χ3n) is 3.67. The molecule has 0 saturated heterocycles. The average Bonchev–Trinajstić information content (AvgIpc) is 3.12. The number of amides is 2. The van der Waals surface area contributed by atoms with Crippen molar-refractivity contribution in [1.29, 1.82) is 5.41 Å². The lowest BCUT2D eigenvalue weighted by atomic mass is 9.93. The molecule has 1 heterocycles. The highest BCUT2D eigenvalue weighted by molar-refractivity contribution is 6.67. The second kappa shape index (κ2) is 10.6. The van der Waals surface area contributed by atoms with Gasteiger partial charge in [-0.1, -0.05) is 39.9 Å². The summed E-state index contributed by atoms with van der Waals surface area (Å²) in [6.45, 7) is 3.29. The normalized spacial score (nSPS) is 13.4. The summed E-state index contributed by atoms with van der Waals surface area (Å²) >= 11 is 16.7. The van der Waals surface area contributed by atoms with Gasteiger partial charge in [0.25, 0.3) is 5.91 Å². The zero-order valence-corrected chi connectivity index (χ0v) is 18.0. The Morgan fingerprint density at radius 2 is 2.00 bits per heavy atom. The molecule has 0 aliphatic carbocycles. The van der Waals surface area contributed by atoms with E-state index < -0.39 is 27.9 Å². The summed E-state index contributed by atoms with van der Waals surface area (Å²) < 4.78 is 3.11. The summed E-state index contributed by atoms with van der Waals surface area (Å²) in [5, 5.41) is 25.8.